The fraction of sp³-hybridized carbons (Fsp3) is 1.00. The summed E-state index contributed by atoms with van der Waals surface area (Å²) in [6.07, 6.45) is 12.3. The molecule has 3 aliphatic rings. The molecule has 0 aromatic heterocycles. The summed E-state index contributed by atoms with van der Waals surface area (Å²) in [6, 6.07) is 0. The van der Waals surface area contributed by atoms with Crippen LogP contribution < -0.4 is 0 Å². The normalized spacial score (nSPS) is 50.1. The van der Waals surface area contributed by atoms with Crippen molar-refractivity contribution in [2.24, 2.45) is 35.0 Å². The van der Waals surface area contributed by atoms with Gasteiger partial charge >= 0.3 is 0 Å². The van der Waals surface area contributed by atoms with E-state index in [1.165, 1.54) is 25.7 Å². The molecule has 0 aromatic rings. The lowest BCUT2D eigenvalue weighted by Crippen LogP contribution is -2.37. The quantitative estimate of drug-likeness (QED) is 0.579. The molecule has 0 aromatic carbocycles. The second-order valence-corrected chi connectivity index (χ2v) is 7.63. The van der Waals surface area contributed by atoms with Gasteiger partial charge in [0.15, 0.2) is 0 Å². The van der Waals surface area contributed by atoms with Gasteiger partial charge in [0.1, 0.15) is 0 Å². The van der Waals surface area contributed by atoms with Crippen LogP contribution in [0.5, 0.6) is 0 Å². The Morgan fingerprint density at radius 2 is 1.18 bits per heavy atom. The SMILES string of the molecule is CC(C)C1(C)[C@@H]2CCCC[C@@H]2[C@@H]2CCCC[C@H]21. The molecule has 3 fully saturated rings. The number of hydrogen-bond donors (Lipinski definition) is 0. The molecule has 0 bridgehead atoms. The van der Waals surface area contributed by atoms with Gasteiger partial charge in [0, 0.05) is 0 Å². The Kier molecular flexibility index (Phi) is 3.04. The van der Waals surface area contributed by atoms with Crippen LogP contribution in [0, 0.1) is 35.0 Å². The molecule has 0 radical (unpaired) electrons. The van der Waals surface area contributed by atoms with E-state index >= 15 is 0 Å². The Hall–Kier alpha value is 0. The second-order valence-electron chi connectivity index (χ2n) is 7.63. The average Bonchev–Trinajstić information content (AvgIpc) is 2.63. The number of fused-ring (bicyclic) bond motifs is 3. The highest BCUT2D eigenvalue weighted by Crippen LogP contribution is 2.65. The van der Waals surface area contributed by atoms with Gasteiger partial charge in [-0.15, -0.1) is 0 Å². The van der Waals surface area contributed by atoms with Crippen molar-refractivity contribution in [3.8, 4) is 0 Å². The zero-order chi connectivity index (χ0) is 12.0. The maximum atomic E-state index is 2.66. The van der Waals surface area contributed by atoms with Crippen LogP contribution in [0.25, 0.3) is 0 Å². The summed E-state index contributed by atoms with van der Waals surface area (Å²) in [5.41, 5.74) is 0.677. The van der Waals surface area contributed by atoms with E-state index in [0.29, 0.717) is 5.41 Å². The van der Waals surface area contributed by atoms with Gasteiger partial charge in [-0.05, 0) is 60.7 Å². The van der Waals surface area contributed by atoms with Crippen molar-refractivity contribution in [3.63, 3.8) is 0 Å². The van der Waals surface area contributed by atoms with E-state index in [-0.39, 0.29) is 0 Å². The van der Waals surface area contributed by atoms with Gasteiger partial charge in [0.05, 0.1) is 0 Å². The molecule has 98 valence electrons. The van der Waals surface area contributed by atoms with E-state index in [2.05, 4.69) is 20.8 Å². The van der Waals surface area contributed by atoms with Crippen LogP contribution in [0.3, 0.4) is 0 Å². The van der Waals surface area contributed by atoms with Crippen LogP contribution in [0.4, 0.5) is 0 Å². The Labute approximate surface area is 108 Å². The number of hydrogen-bond acceptors (Lipinski definition) is 0. The van der Waals surface area contributed by atoms with Gasteiger partial charge in [0.25, 0.3) is 0 Å². The fourth-order valence-corrected chi connectivity index (χ4v) is 6.02. The van der Waals surface area contributed by atoms with E-state index in [9.17, 15) is 0 Å². The molecule has 0 heterocycles. The second kappa shape index (κ2) is 4.28. The first kappa shape index (κ1) is 12.1. The number of rotatable bonds is 1. The van der Waals surface area contributed by atoms with Crippen molar-refractivity contribution in [1.29, 1.82) is 0 Å². The molecule has 1 unspecified atom stereocenters. The molecule has 17 heavy (non-hydrogen) atoms. The Balaban J connectivity index is 1.95. The standard InChI is InChI=1S/C17H30/c1-12(2)17(3)15-10-6-4-8-13(15)14-9-5-7-11-16(14)17/h12-16H,4-11H2,1-3H3/t13-,14+,15-,16-,17?/m1/s1. The van der Waals surface area contributed by atoms with Gasteiger partial charge in [-0.3, -0.25) is 0 Å². The molecule has 0 spiro atoms. The first-order chi connectivity index (χ1) is 8.15. The summed E-state index contributed by atoms with van der Waals surface area (Å²) < 4.78 is 0. The Bertz CT molecular complexity index is 256. The van der Waals surface area contributed by atoms with Crippen LogP contribution >= 0.6 is 0 Å². The zero-order valence-electron chi connectivity index (χ0n) is 12.0. The van der Waals surface area contributed by atoms with Crippen molar-refractivity contribution in [2.45, 2.75) is 72.1 Å². The molecular formula is C17H30. The summed E-state index contributed by atoms with van der Waals surface area (Å²) in [5.74, 6) is 5.26. The lowest BCUT2D eigenvalue weighted by Gasteiger charge is -2.44. The maximum absolute atomic E-state index is 2.66. The minimum Gasteiger partial charge on any atom is -0.0622 e. The van der Waals surface area contributed by atoms with Crippen LogP contribution in [-0.2, 0) is 0 Å². The molecule has 0 aliphatic heterocycles. The lowest BCUT2D eigenvalue weighted by atomic mass is 9.61. The third-order valence-electron chi connectivity index (χ3n) is 7.03. The minimum atomic E-state index is 0.677. The van der Waals surface area contributed by atoms with E-state index < -0.39 is 0 Å². The molecule has 0 heteroatoms. The maximum Gasteiger partial charge on any atom is -0.0241 e. The van der Waals surface area contributed by atoms with E-state index in [1.54, 1.807) is 25.7 Å². The first-order valence-corrected chi connectivity index (χ1v) is 8.15. The average molecular weight is 234 g/mol. The molecule has 0 saturated heterocycles. The lowest BCUT2D eigenvalue weighted by molar-refractivity contribution is 0.0478. The highest BCUT2D eigenvalue weighted by atomic mass is 14.6. The van der Waals surface area contributed by atoms with Crippen LogP contribution in [0.1, 0.15) is 72.1 Å². The van der Waals surface area contributed by atoms with Gasteiger partial charge in [0.2, 0.25) is 0 Å². The molecule has 3 aliphatic carbocycles. The monoisotopic (exact) mass is 234 g/mol. The fourth-order valence-electron chi connectivity index (χ4n) is 6.02. The molecule has 5 atom stereocenters. The van der Waals surface area contributed by atoms with Gasteiger partial charge in [-0.2, -0.15) is 0 Å². The smallest absolute Gasteiger partial charge is 0.0241 e. The third-order valence-corrected chi connectivity index (χ3v) is 7.03. The topological polar surface area (TPSA) is 0 Å². The molecule has 3 saturated carbocycles. The zero-order valence-corrected chi connectivity index (χ0v) is 12.0. The molecule has 3 rings (SSSR count). The minimum absolute atomic E-state index is 0.677. The summed E-state index contributed by atoms with van der Waals surface area (Å²) in [7, 11) is 0. The predicted molar refractivity (Wildman–Crippen MR) is 73.8 cm³/mol. The predicted octanol–water partition coefficient (Wildman–Crippen LogP) is 5.28. The summed E-state index contributed by atoms with van der Waals surface area (Å²) in [6.45, 7) is 7.67. The highest BCUT2D eigenvalue weighted by Gasteiger charge is 2.58. The van der Waals surface area contributed by atoms with Crippen molar-refractivity contribution in [2.75, 3.05) is 0 Å². The largest absolute Gasteiger partial charge is 0.0622 e. The van der Waals surface area contributed by atoms with Gasteiger partial charge in [-0.25, -0.2) is 0 Å². The molecule has 0 amide bonds. The highest BCUT2D eigenvalue weighted by molar-refractivity contribution is 5.06. The summed E-state index contributed by atoms with van der Waals surface area (Å²) in [5, 5.41) is 0. The van der Waals surface area contributed by atoms with Crippen molar-refractivity contribution in [1.82, 2.24) is 0 Å². The van der Waals surface area contributed by atoms with Crippen molar-refractivity contribution < 1.29 is 0 Å². The molecular weight excluding hydrogens is 204 g/mol. The molecule has 0 N–H and O–H groups in total. The van der Waals surface area contributed by atoms with Crippen LogP contribution in [-0.4, -0.2) is 0 Å². The summed E-state index contributed by atoms with van der Waals surface area (Å²) in [4.78, 5) is 0. The van der Waals surface area contributed by atoms with E-state index in [4.69, 9.17) is 0 Å². The van der Waals surface area contributed by atoms with Crippen LogP contribution in [0.2, 0.25) is 0 Å². The van der Waals surface area contributed by atoms with Crippen molar-refractivity contribution in [3.05, 3.63) is 0 Å². The van der Waals surface area contributed by atoms with E-state index in [0.717, 1.165) is 29.6 Å². The Morgan fingerprint density at radius 1 is 0.765 bits per heavy atom. The first-order valence-electron chi connectivity index (χ1n) is 8.15. The Morgan fingerprint density at radius 3 is 1.59 bits per heavy atom. The van der Waals surface area contributed by atoms with Crippen molar-refractivity contribution >= 4 is 0 Å². The van der Waals surface area contributed by atoms with Crippen LogP contribution in [0.15, 0.2) is 0 Å². The molecule has 0 nitrogen and oxygen atoms in total. The van der Waals surface area contributed by atoms with Gasteiger partial charge in [-0.1, -0.05) is 46.5 Å². The van der Waals surface area contributed by atoms with E-state index in [1.807, 2.05) is 0 Å². The third kappa shape index (κ3) is 1.62. The van der Waals surface area contributed by atoms with Gasteiger partial charge < -0.3 is 0 Å². The summed E-state index contributed by atoms with van der Waals surface area (Å²) >= 11 is 0.